The van der Waals surface area contributed by atoms with Gasteiger partial charge in [0.25, 0.3) is 11.5 Å². The van der Waals surface area contributed by atoms with Crippen molar-refractivity contribution >= 4 is 22.6 Å². The SMILES string of the molecule is CCn1c(=O)[nH]c(=O)c2c(C(=O)N3CCC(Nc4ccccc4)C3)cc(C3CC3)nc21. The van der Waals surface area contributed by atoms with Gasteiger partial charge in [-0.05, 0) is 44.4 Å². The van der Waals surface area contributed by atoms with Crippen molar-refractivity contribution in [3.63, 3.8) is 0 Å². The summed E-state index contributed by atoms with van der Waals surface area (Å²) in [6, 6.07) is 11.8. The Kier molecular flexibility index (Phi) is 4.84. The number of rotatable bonds is 5. The highest BCUT2D eigenvalue weighted by atomic mass is 16.2. The third-order valence-electron chi connectivity index (χ3n) is 6.13. The first kappa shape index (κ1) is 19.5. The molecule has 2 aliphatic rings. The smallest absolute Gasteiger partial charge is 0.329 e. The van der Waals surface area contributed by atoms with Gasteiger partial charge < -0.3 is 10.2 Å². The van der Waals surface area contributed by atoms with E-state index in [9.17, 15) is 14.4 Å². The van der Waals surface area contributed by atoms with E-state index in [4.69, 9.17) is 0 Å². The molecule has 2 N–H and O–H groups in total. The second kappa shape index (κ2) is 7.68. The predicted molar refractivity (Wildman–Crippen MR) is 119 cm³/mol. The number of fused-ring (bicyclic) bond motifs is 1. The lowest BCUT2D eigenvalue weighted by Gasteiger charge is -2.19. The number of hydrogen-bond acceptors (Lipinski definition) is 5. The summed E-state index contributed by atoms with van der Waals surface area (Å²) >= 11 is 0. The Morgan fingerprint density at radius 3 is 2.68 bits per heavy atom. The highest BCUT2D eigenvalue weighted by Crippen LogP contribution is 2.40. The minimum atomic E-state index is -0.555. The monoisotopic (exact) mass is 419 g/mol. The Labute approximate surface area is 178 Å². The van der Waals surface area contributed by atoms with Crippen LogP contribution in [0, 0.1) is 0 Å². The molecule has 1 unspecified atom stereocenters. The van der Waals surface area contributed by atoms with Gasteiger partial charge in [-0.3, -0.25) is 19.1 Å². The first-order valence-corrected chi connectivity index (χ1v) is 10.8. The maximum absolute atomic E-state index is 13.5. The lowest BCUT2D eigenvalue weighted by Crippen LogP contribution is -2.35. The van der Waals surface area contributed by atoms with Crippen LogP contribution < -0.4 is 16.6 Å². The number of nitrogens with one attached hydrogen (secondary N) is 2. The van der Waals surface area contributed by atoms with Crippen LogP contribution >= 0.6 is 0 Å². The molecule has 1 aliphatic heterocycles. The number of hydrogen-bond donors (Lipinski definition) is 2. The van der Waals surface area contributed by atoms with E-state index in [0.29, 0.717) is 36.8 Å². The molecule has 1 saturated heterocycles. The van der Waals surface area contributed by atoms with Gasteiger partial charge in [-0.2, -0.15) is 0 Å². The molecule has 5 rings (SSSR count). The van der Waals surface area contributed by atoms with Crippen LogP contribution in [0.2, 0.25) is 0 Å². The van der Waals surface area contributed by atoms with Crippen LogP contribution in [0.4, 0.5) is 5.69 Å². The Morgan fingerprint density at radius 2 is 1.97 bits per heavy atom. The molecule has 3 aromatic rings. The molecule has 1 atom stereocenters. The van der Waals surface area contributed by atoms with E-state index in [2.05, 4.69) is 15.3 Å². The molecule has 1 aromatic carbocycles. The van der Waals surface area contributed by atoms with Crippen LogP contribution in [0.25, 0.3) is 11.0 Å². The van der Waals surface area contributed by atoms with Crippen LogP contribution in [0.15, 0.2) is 46.0 Å². The summed E-state index contributed by atoms with van der Waals surface area (Å²) in [5.74, 6) is 0.111. The van der Waals surface area contributed by atoms with Gasteiger partial charge in [0.15, 0.2) is 5.65 Å². The summed E-state index contributed by atoms with van der Waals surface area (Å²) in [5.41, 5.74) is 1.42. The molecular weight excluding hydrogens is 394 g/mol. The van der Waals surface area contributed by atoms with Crippen LogP contribution in [0.5, 0.6) is 0 Å². The highest BCUT2D eigenvalue weighted by molar-refractivity contribution is 6.05. The first-order valence-electron chi connectivity index (χ1n) is 10.8. The second-order valence-electron chi connectivity index (χ2n) is 8.32. The fourth-order valence-corrected chi connectivity index (χ4v) is 4.35. The zero-order valence-electron chi connectivity index (χ0n) is 17.4. The molecule has 0 radical (unpaired) electrons. The van der Waals surface area contributed by atoms with E-state index in [1.165, 1.54) is 4.57 Å². The van der Waals surface area contributed by atoms with Gasteiger partial charge in [-0.1, -0.05) is 18.2 Å². The maximum atomic E-state index is 13.5. The average molecular weight is 419 g/mol. The summed E-state index contributed by atoms with van der Waals surface area (Å²) in [7, 11) is 0. The lowest BCUT2D eigenvalue weighted by molar-refractivity contribution is 0.0793. The van der Waals surface area contributed by atoms with E-state index < -0.39 is 11.2 Å². The van der Waals surface area contributed by atoms with Crippen LogP contribution in [-0.2, 0) is 6.54 Å². The number of anilines is 1. The Morgan fingerprint density at radius 1 is 1.19 bits per heavy atom. The van der Waals surface area contributed by atoms with Crippen molar-refractivity contribution in [2.24, 2.45) is 0 Å². The number of para-hydroxylation sites is 1. The summed E-state index contributed by atoms with van der Waals surface area (Å²) in [6.07, 6.45) is 2.85. The van der Waals surface area contributed by atoms with E-state index in [1.54, 1.807) is 11.0 Å². The molecular formula is C23H25N5O3. The third kappa shape index (κ3) is 3.62. The van der Waals surface area contributed by atoms with E-state index in [-0.39, 0.29) is 17.3 Å². The number of carbonyl (C=O) groups excluding carboxylic acids is 1. The van der Waals surface area contributed by atoms with Gasteiger partial charge >= 0.3 is 5.69 Å². The minimum Gasteiger partial charge on any atom is -0.380 e. The molecule has 1 amide bonds. The van der Waals surface area contributed by atoms with Gasteiger partial charge in [0.05, 0.1) is 10.9 Å². The van der Waals surface area contributed by atoms with Crippen molar-refractivity contribution in [3.8, 4) is 0 Å². The fourth-order valence-electron chi connectivity index (χ4n) is 4.35. The molecule has 160 valence electrons. The number of aromatic amines is 1. The molecule has 2 aromatic heterocycles. The van der Waals surface area contributed by atoms with Gasteiger partial charge in [0.1, 0.15) is 0 Å². The lowest BCUT2D eigenvalue weighted by atomic mass is 10.1. The maximum Gasteiger partial charge on any atom is 0.329 e. The highest BCUT2D eigenvalue weighted by Gasteiger charge is 2.32. The number of pyridine rings is 1. The van der Waals surface area contributed by atoms with Crippen molar-refractivity contribution in [2.75, 3.05) is 18.4 Å². The van der Waals surface area contributed by atoms with Crippen LogP contribution in [0.3, 0.4) is 0 Å². The van der Waals surface area contributed by atoms with Gasteiger partial charge in [0, 0.05) is 43.0 Å². The van der Waals surface area contributed by atoms with Crippen molar-refractivity contribution in [2.45, 2.75) is 44.7 Å². The van der Waals surface area contributed by atoms with Crippen molar-refractivity contribution in [1.29, 1.82) is 0 Å². The van der Waals surface area contributed by atoms with Crippen LogP contribution in [0.1, 0.15) is 48.2 Å². The molecule has 31 heavy (non-hydrogen) atoms. The van der Waals surface area contributed by atoms with E-state index >= 15 is 0 Å². The summed E-state index contributed by atoms with van der Waals surface area (Å²) in [5, 5.41) is 3.68. The number of aryl methyl sites for hydroxylation is 1. The molecule has 1 saturated carbocycles. The fraction of sp³-hybridized carbons (Fsp3) is 0.391. The Bertz CT molecular complexity index is 1260. The topological polar surface area (TPSA) is 100 Å². The van der Waals surface area contributed by atoms with Crippen molar-refractivity contribution in [1.82, 2.24) is 19.4 Å². The Balaban J connectivity index is 1.51. The number of nitrogens with zero attached hydrogens (tertiary/aromatic N) is 3. The van der Waals surface area contributed by atoms with Crippen LogP contribution in [-0.4, -0.2) is 44.5 Å². The van der Waals surface area contributed by atoms with Gasteiger partial charge in [-0.25, -0.2) is 9.78 Å². The van der Waals surface area contributed by atoms with E-state index in [1.807, 2.05) is 37.3 Å². The van der Waals surface area contributed by atoms with Crippen molar-refractivity contribution in [3.05, 3.63) is 68.5 Å². The van der Waals surface area contributed by atoms with Crippen molar-refractivity contribution < 1.29 is 4.79 Å². The number of H-pyrrole nitrogens is 1. The first-order chi connectivity index (χ1) is 15.0. The second-order valence-corrected chi connectivity index (χ2v) is 8.32. The molecule has 3 heterocycles. The summed E-state index contributed by atoms with van der Waals surface area (Å²) in [4.78, 5) is 47.3. The molecule has 1 aliphatic carbocycles. The quantitative estimate of drug-likeness (QED) is 0.661. The standard InChI is InChI=1S/C23H25N5O3/c1-2-28-20-19(21(29)26-23(28)31)17(12-18(25-20)14-8-9-14)22(30)27-11-10-16(13-27)24-15-6-4-3-5-7-15/h3-7,12,14,16,24H,2,8-11,13H2,1H3,(H,26,29,31). The zero-order chi connectivity index (χ0) is 21.5. The predicted octanol–water partition coefficient (Wildman–Crippen LogP) is 2.31. The number of aromatic nitrogens is 3. The number of likely N-dealkylation sites (tertiary alicyclic amines) is 1. The average Bonchev–Trinajstić information content (AvgIpc) is 3.52. The largest absolute Gasteiger partial charge is 0.380 e. The molecule has 8 heteroatoms. The number of carbonyl (C=O) groups is 1. The zero-order valence-corrected chi connectivity index (χ0v) is 17.4. The summed E-state index contributed by atoms with van der Waals surface area (Å²) in [6.45, 7) is 3.36. The van der Waals surface area contributed by atoms with E-state index in [0.717, 1.165) is 30.6 Å². The molecule has 0 bridgehead atoms. The molecule has 0 spiro atoms. The van der Waals surface area contributed by atoms with Gasteiger partial charge in [0.2, 0.25) is 0 Å². The Hall–Kier alpha value is -3.42. The minimum absolute atomic E-state index is 0.148. The number of amides is 1. The van der Waals surface area contributed by atoms with Gasteiger partial charge in [-0.15, -0.1) is 0 Å². The summed E-state index contributed by atoms with van der Waals surface area (Å²) < 4.78 is 1.43. The normalized spacial score (nSPS) is 18.5. The number of benzene rings is 1. The third-order valence-corrected chi connectivity index (χ3v) is 6.13. The molecule has 8 nitrogen and oxygen atoms in total. The molecule has 2 fully saturated rings.